The van der Waals surface area contributed by atoms with E-state index in [1.165, 1.54) is 0 Å². The Hall–Kier alpha value is -2.44. The van der Waals surface area contributed by atoms with Gasteiger partial charge in [0.2, 0.25) is 0 Å². The maximum absolute atomic E-state index is 12.4. The molecule has 126 valence electrons. The second-order valence-electron chi connectivity index (χ2n) is 6.07. The second kappa shape index (κ2) is 7.42. The molecule has 3 N–H and O–H groups in total. The summed E-state index contributed by atoms with van der Waals surface area (Å²) in [5.41, 5.74) is 7.96. The van der Waals surface area contributed by atoms with Crippen molar-refractivity contribution in [2.75, 3.05) is 18.0 Å². The molecule has 1 amide bonds. The molecule has 0 saturated carbocycles. The molecule has 6 nitrogen and oxygen atoms in total. The Morgan fingerprint density at radius 2 is 1.96 bits per heavy atom. The summed E-state index contributed by atoms with van der Waals surface area (Å²) < 4.78 is 0. The summed E-state index contributed by atoms with van der Waals surface area (Å²) in [5.74, 6) is -0.505. The third kappa shape index (κ3) is 3.90. The van der Waals surface area contributed by atoms with Crippen LogP contribution in [-0.2, 0) is 6.54 Å². The van der Waals surface area contributed by atoms with E-state index in [-0.39, 0.29) is 18.3 Å². The Bertz CT molecular complexity index is 684. The summed E-state index contributed by atoms with van der Waals surface area (Å²) in [6, 6.07) is 13.2. The highest BCUT2D eigenvalue weighted by Crippen LogP contribution is 2.20. The van der Waals surface area contributed by atoms with Crippen molar-refractivity contribution in [2.45, 2.75) is 25.4 Å². The number of hydroxylamine groups is 2. The SMILES string of the molecule is NC1CCN(c2ccnc(C(=O)N(O)Cc3ccccc3)c2)CC1. The number of nitrogens with two attached hydrogens (primary N) is 1. The van der Waals surface area contributed by atoms with Gasteiger partial charge in [-0.05, 0) is 30.5 Å². The highest BCUT2D eigenvalue weighted by atomic mass is 16.5. The van der Waals surface area contributed by atoms with Crippen molar-refractivity contribution in [1.82, 2.24) is 10.0 Å². The molecule has 1 aliphatic heterocycles. The van der Waals surface area contributed by atoms with Crippen molar-refractivity contribution in [2.24, 2.45) is 5.73 Å². The second-order valence-corrected chi connectivity index (χ2v) is 6.07. The fraction of sp³-hybridized carbons (Fsp3) is 0.333. The van der Waals surface area contributed by atoms with Gasteiger partial charge in [-0.2, -0.15) is 0 Å². The number of hydrogen-bond donors (Lipinski definition) is 2. The third-order valence-electron chi connectivity index (χ3n) is 4.28. The van der Waals surface area contributed by atoms with Gasteiger partial charge in [-0.3, -0.25) is 15.0 Å². The first-order valence-electron chi connectivity index (χ1n) is 8.15. The van der Waals surface area contributed by atoms with Crippen LogP contribution < -0.4 is 10.6 Å². The molecule has 6 heteroatoms. The summed E-state index contributed by atoms with van der Waals surface area (Å²) >= 11 is 0. The Morgan fingerprint density at radius 1 is 1.25 bits per heavy atom. The van der Waals surface area contributed by atoms with E-state index < -0.39 is 5.91 Å². The van der Waals surface area contributed by atoms with Gasteiger partial charge in [0.1, 0.15) is 5.69 Å². The van der Waals surface area contributed by atoms with Crippen LogP contribution in [0.4, 0.5) is 5.69 Å². The topological polar surface area (TPSA) is 82.7 Å². The first-order valence-corrected chi connectivity index (χ1v) is 8.15. The number of pyridine rings is 1. The molecule has 0 atom stereocenters. The average molecular weight is 326 g/mol. The molecule has 1 aliphatic rings. The van der Waals surface area contributed by atoms with Crippen LogP contribution in [0.15, 0.2) is 48.7 Å². The number of amides is 1. The molecule has 1 fully saturated rings. The molecule has 2 aromatic rings. The maximum atomic E-state index is 12.4. The Labute approximate surface area is 141 Å². The lowest BCUT2D eigenvalue weighted by atomic mass is 10.1. The van der Waals surface area contributed by atoms with Gasteiger partial charge in [-0.15, -0.1) is 0 Å². The lowest BCUT2D eigenvalue weighted by molar-refractivity contribution is -0.0652. The quantitative estimate of drug-likeness (QED) is 0.664. The van der Waals surface area contributed by atoms with Gasteiger partial charge in [0.15, 0.2) is 0 Å². The number of rotatable bonds is 4. The third-order valence-corrected chi connectivity index (χ3v) is 4.28. The predicted molar refractivity (Wildman–Crippen MR) is 91.8 cm³/mol. The number of anilines is 1. The van der Waals surface area contributed by atoms with Crippen LogP contribution >= 0.6 is 0 Å². The number of piperidine rings is 1. The highest BCUT2D eigenvalue weighted by Gasteiger charge is 2.20. The van der Waals surface area contributed by atoms with E-state index in [0.29, 0.717) is 5.06 Å². The number of nitrogens with zero attached hydrogens (tertiary/aromatic N) is 3. The van der Waals surface area contributed by atoms with E-state index in [1.54, 1.807) is 12.3 Å². The van der Waals surface area contributed by atoms with Crippen molar-refractivity contribution in [3.8, 4) is 0 Å². The molecule has 0 bridgehead atoms. The van der Waals surface area contributed by atoms with Gasteiger partial charge in [-0.25, -0.2) is 5.06 Å². The van der Waals surface area contributed by atoms with Gasteiger partial charge >= 0.3 is 0 Å². The van der Waals surface area contributed by atoms with Gasteiger partial charge in [0.05, 0.1) is 6.54 Å². The van der Waals surface area contributed by atoms with Crippen LogP contribution in [0.25, 0.3) is 0 Å². The fourth-order valence-electron chi connectivity index (χ4n) is 2.85. The van der Waals surface area contributed by atoms with Crippen LogP contribution in [0.2, 0.25) is 0 Å². The molecular formula is C18H22N4O2. The summed E-state index contributed by atoms with van der Waals surface area (Å²) in [4.78, 5) is 18.7. The molecule has 0 aliphatic carbocycles. The smallest absolute Gasteiger partial charge is 0.296 e. The first kappa shape index (κ1) is 16.4. The van der Waals surface area contributed by atoms with Crippen LogP contribution in [-0.4, -0.2) is 40.3 Å². The number of carbonyl (C=O) groups is 1. The molecule has 0 unspecified atom stereocenters. The monoisotopic (exact) mass is 326 g/mol. The number of benzene rings is 1. The zero-order valence-electron chi connectivity index (χ0n) is 13.5. The fourth-order valence-corrected chi connectivity index (χ4v) is 2.85. The average Bonchev–Trinajstić information content (AvgIpc) is 2.62. The first-order chi connectivity index (χ1) is 11.6. The van der Waals surface area contributed by atoms with Crippen LogP contribution in [0.5, 0.6) is 0 Å². The number of hydrogen-bond acceptors (Lipinski definition) is 5. The van der Waals surface area contributed by atoms with Crippen molar-refractivity contribution in [1.29, 1.82) is 0 Å². The van der Waals surface area contributed by atoms with E-state index in [4.69, 9.17) is 5.73 Å². The number of aromatic nitrogens is 1. The van der Waals surface area contributed by atoms with E-state index in [9.17, 15) is 10.0 Å². The van der Waals surface area contributed by atoms with E-state index >= 15 is 0 Å². The molecule has 3 rings (SSSR count). The van der Waals surface area contributed by atoms with Crippen molar-refractivity contribution >= 4 is 11.6 Å². The predicted octanol–water partition coefficient (Wildman–Crippen LogP) is 2.04. The molecule has 2 heterocycles. The van der Waals surface area contributed by atoms with Crippen LogP contribution in [0, 0.1) is 0 Å². The minimum atomic E-state index is -0.505. The summed E-state index contributed by atoms with van der Waals surface area (Å²) in [6.45, 7) is 1.86. The van der Waals surface area contributed by atoms with Crippen molar-refractivity contribution in [3.63, 3.8) is 0 Å². The Kier molecular flexibility index (Phi) is 5.08. The summed E-state index contributed by atoms with van der Waals surface area (Å²) in [5, 5.41) is 10.8. The van der Waals surface area contributed by atoms with E-state index in [1.807, 2.05) is 36.4 Å². The Morgan fingerprint density at radius 3 is 2.67 bits per heavy atom. The molecule has 0 spiro atoms. The van der Waals surface area contributed by atoms with Gasteiger partial charge in [0, 0.05) is 31.0 Å². The molecular weight excluding hydrogens is 304 g/mol. The standard InChI is InChI=1S/C18H22N4O2/c19-15-7-10-21(11-8-15)16-6-9-20-17(12-16)18(23)22(24)13-14-4-2-1-3-5-14/h1-6,9,12,15,24H,7-8,10-11,13,19H2. The molecule has 1 aromatic carbocycles. The van der Waals surface area contributed by atoms with Gasteiger partial charge in [0.25, 0.3) is 5.91 Å². The highest BCUT2D eigenvalue weighted by molar-refractivity contribution is 5.92. The van der Waals surface area contributed by atoms with Crippen molar-refractivity contribution < 1.29 is 10.0 Å². The normalized spacial score (nSPS) is 15.3. The minimum absolute atomic E-state index is 0.129. The molecule has 1 aromatic heterocycles. The Balaban J connectivity index is 1.69. The van der Waals surface area contributed by atoms with Crippen LogP contribution in [0.1, 0.15) is 28.9 Å². The van der Waals surface area contributed by atoms with Gasteiger partial charge in [-0.1, -0.05) is 30.3 Å². The molecule has 1 saturated heterocycles. The maximum Gasteiger partial charge on any atom is 0.296 e. The van der Waals surface area contributed by atoms with Crippen molar-refractivity contribution in [3.05, 3.63) is 59.9 Å². The lowest BCUT2D eigenvalue weighted by Gasteiger charge is -2.32. The molecule has 0 radical (unpaired) electrons. The largest absolute Gasteiger partial charge is 0.371 e. The number of carbonyl (C=O) groups excluding carboxylic acids is 1. The summed E-state index contributed by atoms with van der Waals surface area (Å²) in [6.07, 6.45) is 3.48. The van der Waals surface area contributed by atoms with Gasteiger partial charge < -0.3 is 10.6 Å². The zero-order valence-corrected chi connectivity index (χ0v) is 13.5. The summed E-state index contributed by atoms with van der Waals surface area (Å²) in [7, 11) is 0. The molecule has 24 heavy (non-hydrogen) atoms. The van der Waals surface area contributed by atoms with E-state index in [2.05, 4.69) is 9.88 Å². The van der Waals surface area contributed by atoms with Crippen LogP contribution in [0.3, 0.4) is 0 Å². The lowest BCUT2D eigenvalue weighted by Crippen LogP contribution is -2.39. The zero-order chi connectivity index (χ0) is 16.9. The minimum Gasteiger partial charge on any atom is -0.371 e. The van der Waals surface area contributed by atoms with E-state index in [0.717, 1.165) is 37.2 Å².